The Bertz CT molecular complexity index is 801. The molecule has 5 aliphatic rings. The monoisotopic (exact) mass is 486 g/mol. The number of fused-ring (bicyclic) bond motifs is 5. The summed E-state index contributed by atoms with van der Waals surface area (Å²) in [6, 6.07) is 0. The van der Waals surface area contributed by atoms with E-state index in [0.717, 1.165) is 48.3 Å². The van der Waals surface area contributed by atoms with Crippen molar-refractivity contribution in [1.82, 2.24) is 0 Å². The normalized spacial score (nSPS) is 47.2. The molecule has 3 heteroatoms. The third-order valence-corrected chi connectivity index (χ3v) is 13.2. The minimum absolute atomic E-state index is 0.0857. The molecule has 9 atom stereocenters. The van der Waals surface area contributed by atoms with Gasteiger partial charge in [-0.3, -0.25) is 4.79 Å². The van der Waals surface area contributed by atoms with E-state index in [0.29, 0.717) is 23.2 Å². The van der Waals surface area contributed by atoms with E-state index in [9.17, 15) is 4.79 Å². The van der Waals surface area contributed by atoms with Crippen molar-refractivity contribution in [3.05, 3.63) is 0 Å². The summed E-state index contributed by atoms with van der Waals surface area (Å²) < 4.78 is 11.6. The quantitative estimate of drug-likeness (QED) is 0.341. The second-order valence-corrected chi connectivity index (χ2v) is 14.8. The lowest BCUT2D eigenvalue weighted by Crippen LogP contribution is -2.70. The number of ketones is 1. The Morgan fingerprint density at radius 1 is 0.857 bits per heavy atom. The van der Waals surface area contributed by atoms with Gasteiger partial charge in [0.25, 0.3) is 0 Å². The van der Waals surface area contributed by atoms with Crippen LogP contribution < -0.4 is 0 Å². The van der Waals surface area contributed by atoms with E-state index in [2.05, 4.69) is 34.6 Å². The maximum Gasteiger partial charge on any atom is 0.234 e. The summed E-state index contributed by atoms with van der Waals surface area (Å²) in [7, 11) is 3.35. The minimum atomic E-state index is -0.972. The van der Waals surface area contributed by atoms with Crippen molar-refractivity contribution in [3.63, 3.8) is 0 Å². The molecule has 3 nitrogen and oxygen atoms in total. The standard InChI is InChI=1S/C32H54O3/c1-21(2)9-8-10-22(3)25-13-14-26-24-12-11-23-19-31(20-28(33)32(31,34-6)35-7)18-17-29(23,4)27(24)15-16-30(25,26)5/h21-27H,8-20H2,1-7H3/t22-,23+,24+,25-,26+,27+,29+,30-,31-/m1/s1. The van der Waals surface area contributed by atoms with Crippen LogP contribution in [0.25, 0.3) is 0 Å². The van der Waals surface area contributed by atoms with Crippen molar-refractivity contribution in [1.29, 1.82) is 0 Å². The molecule has 5 fully saturated rings. The molecule has 0 unspecified atom stereocenters. The van der Waals surface area contributed by atoms with Crippen LogP contribution in [0, 0.1) is 57.7 Å². The minimum Gasteiger partial charge on any atom is -0.347 e. The van der Waals surface area contributed by atoms with Gasteiger partial charge in [0.15, 0.2) is 5.78 Å². The summed E-state index contributed by atoms with van der Waals surface area (Å²) in [6.07, 6.45) is 17.0. The van der Waals surface area contributed by atoms with E-state index in [1.54, 1.807) is 14.2 Å². The van der Waals surface area contributed by atoms with E-state index < -0.39 is 5.79 Å². The number of Topliss-reactive ketones (excluding diaryl/α,β-unsaturated/α-hetero) is 1. The molecule has 1 spiro atoms. The van der Waals surface area contributed by atoms with Crippen LogP contribution in [0.15, 0.2) is 0 Å². The lowest BCUT2D eigenvalue weighted by atomic mass is 9.40. The topological polar surface area (TPSA) is 35.5 Å². The van der Waals surface area contributed by atoms with Crippen molar-refractivity contribution in [3.8, 4) is 0 Å². The van der Waals surface area contributed by atoms with E-state index in [1.165, 1.54) is 64.2 Å². The van der Waals surface area contributed by atoms with Crippen molar-refractivity contribution in [2.75, 3.05) is 14.2 Å². The van der Waals surface area contributed by atoms with Gasteiger partial charge in [0.1, 0.15) is 0 Å². The van der Waals surface area contributed by atoms with Gasteiger partial charge in [0.2, 0.25) is 5.79 Å². The van der Waals surface area contributed by atoms with Gasteiger partial charge in [-0.05, 0) is 110 Å². The number of carbonyl (C=O) groups is 1. The fourth-order valence-electron chi connectivity index (χ4n) is 11.3. The van der Waals surface area contributed by atoms with Gasteiger partial charge < -0.3 is 9.47 Å². The predicted molar refractivity (Wildman–Crippen MR) is 142 cm³/mol. The molecule has 5 saturated carbocycles. The van der Waals surface area contributed by atoms with Gasteiger partial charge in [-0.15, -0.1) is 0 Å². The first-order valence-electron chi connectivity index (χ1n) is 15.2. The van der Waals surface area contributed by atoms with Crippen molar-refractivity contribution >= 4 is 5.78 Å². The largest absolute Gasteiger partial charge is 0.347 e. The van der Waals surface area contributed by atoms with Crippen LogP contribution in [0.5, 0.6) is 0 Å². The third kappa shape index (κ3) is 3.67. The molecular formula is C32H54O3. The molecular weight excluding hydrogens is 432 g/mol. The van der Waals surface area contributed by atoms with Crippen LogP contribution in [0.4, 0.5) is 0 Å². The van der Waals surface area contributed by atoms with Gasteiger partial charge in [0, 0.05) is 26.1 Å². The molecule has 0 aliphatic heterocycles. The van der Waals surface area contributed by atoms with Crippen molar-refractivity contribution in [2.45, 2.75) is 124 Å². The molecule has 0 bridgehead atoms. The average Bonchev–Trinajstić information content (AvgIpc) is 3.17. The van der Waals surface area contributed by atoms with Crippen LogP contribution >= 0.6 is 0 Å². The molecule has 0 amide bonds. The Morgan fingerprint density at radius 3 is 2.23 bits per heavy atom. The summed E-state index contributed by atoms with van der Waals surface area (Å²) in [5.74, 6) is 5.30. The highest BCUT2D eigenvalue weighted by Crippen LogP contribution is 2.72. The molecule has 0 N–H and O–H groups in total. The first-order chi connectivity index (χ1) is 16.6. The molecule has 0 saturated heterocycles. The van der Waals surface area contributed by atoms with Crippen molar-refractivity contribution < 1.29 is 14.3 Å². The molecule has 35 heavy (non-hydrogen) atoms. The van der Waals surface area contributed by atoms with E-state index in [1.807, 2.05) is 0 Å². The lowest BCUT2D eigenvalue weighted by molar-refractivity contribution is -0.311. The predicted octanol–water partition coefficient (Wildman–Crippen LogP) is 8.06. The van der Waals surface area contributed by atoms with Crippen LogP contribution in [0.1, 0.15) is 118 Å². The van der Waals surface area contributed by atoms with Gasteiger partial charge >= 0.3 is 0 Å². The first kappa shape index (κ1) is 26.2. The van der Waals surface area contributed by atoms with Gasteiger partial charge in [-0.25, -0.2) is 0 Å². The Balaban J connectivity index is 1.30. The molecule has 200 valence electrons. The van der Waals surface area contributed by atoms with Gasteiger partial charge in [-0.2, -0.15) is 0 Å². The Hall–Kier alpha value is -0.410. The molecule has 0 heterocycles. The van der Waals surface area contributed by atoms with E-state index in [-0.39, 0.29) is 11.2 Å². The SMILES string of the molecule is COC1(OC)C(=O)C[C@]12CC[C@@]1(C)[C@@H](CC[C@@H]3[C@@H]1CC[C@]1(C)[C@@H]([C@H](C)CCCC(C)C)CC[C@@H]31)C2. The van der Waals surface area contributed by atoms with Crippen LogP contribution in [-0.2, 0) is 14.3 Å². The zero-order valence-electron chi connectivity index (χ0n) is 24.0. The summed E-state index contributed by atoms with van der Waals surface area (Å²) >= 11 is 0. The Morgan fingerprint density at radius 2 is 1.57 bits per heavy atom. The van der Waals surface area contributed by atoms with Crippen LogP contribution in [0.2, 0.25) is 0 Å². The van der Waals surface area contributed by atoms with Gasteiger partial charge in [0.05, 0.1) is 0 Å². The highest BCUT2D eigenvalue weighted by Gasteiger charge is 2.71. The second kappa shape index (κ2) is 9.11. The third-order valence-electron chi connectivity index (χ3n) is 13.2. The molecule has 0 aromatic heterocycles. The number of hydrogen-bond acceptors (Lipinski definition) is 3. The fourth-order valence-corrected chi connectivity index (χ4v) is 11.3. The maximum absolute atomic E-state index is 12.7. The number of carbonyl (C=O) groups excluding carboxylic acids is 1. The number of hydrogen-bond donors (Lipinski definition) is 0. The Labute approximate surface area is 215 Å². The second-order valence-electron chi connectivity index (χ2n) is 14.8. The number of rotatable bonds is 7. The number of ether oxygens (including phenoxy) is 2. The molecule has 0 aromatic carbocycles. The highest BCUT2D eigenvalue weighted by molar-refractivity contribution is 5.94. The van der Waals surface area contributed by atoms with Crippen LogP contribution in [-0.4, -0.2) is 25.8 Å². The van der Waals surface area contributed by atoms with Gasteiger partial charge in [-0.1, -0.05) is 53.9 Å². The Kier molecular flexibility index (Phi) is 6.82. The summed E-state index contributed by atoms with van der Waals surface area (Å²) in [4.78, 5) is 12.7. The maximum atomic E-state index is 12.7. The lowest BCUT2D eigenvalue weighted by Gasteiger charge is -2.66. The van der Waals surface area contributed by atoms with Crippen LogP contribution in [0.3, 0.4) is 0 Å². The van der Waals surface area contributed by atoms with Crippen molar-refractivity contribution in [2.24, 2.45) is 57.7 Å². The molecule has 0 aromatic rings. The summed E-state index contributed by atoms with van der Waals surface area (Å²) in [6.45, 7) is 12.7. The average molecular weight is 487 g/mol. The zero-order valence-corrected chi connectivity index (χ0v) is 24.0. The molecule has 5 aliphatic carbocycles. The van der Waals surface area contributed by atoms with E-state index >= 15 is 0 Å². The molecule has 5 rings (SSSR count). The zero-order chi connectivity index (χ0) is 25.2. The highest BCUT2D eigenvalue weighted by atomic mass is 16.7. The first-order valence-corrected chi connectivity index (χ1v) is 15.2. The summed E-state index contributed by atoms with van der Waals surface area (Å²) in [5.41, 5.74) is 0.916. The fraction of sp³-hybridized carbons (Fsp3) is 0.969. The van der Waals surface area contributed by atoms with E-state index in [4.69, 9.17) is 9.47 Å². The number of methoxy groups -OCH3 is 2. The summed E-state index contributed by atoms with van der Waals surface area (Å²) in [5, 5.41) is 0. The molecule has 0 radical (unpaired) electrons. The smallest absolute Gasteiger partial charge is 0.234 e.